The molecular formula is C66H46N2. The lowest BCUT2D eigenvalue weighted by Gasteiger charge is -2.28. The van der Waals surface area contributed by atoms with Gasteiger partial charge in [-0.15, -0.1) is 0 Å². The van der Waals surface area contributed by atoms with Crippen LogP contribution in [0.5, 0.6) is 0 Å². The predicted molar refractivity (Wildman–Crippen MR) is 288 cm³/mol. The van der Waals surface area contributed by atoms with Gasteiger partial charge in [-0.2, -0.15) is 0 Å². The molecule has 0 saturated carbocycles. The van der Waals surface area contributed by atoms with E-state index in [1.54, 1.807) is 0 Å². The molecule has 0 fully saturated rings. The zero-order valence-electron chi connectivity index (χ0n) is 37.5. The molecule has 0 bridgehead atoms. The van der Waals surface area contributed by atoms with Gasteiger partial charge in [-0.1, -0.05) is 224 Å². The first kappa shape index (κ1) is 40.5. The Kier molecular flexibility index (Phi) is 10.6. The van der Waals surface area contributed by atoms with Gasteiger partial charge in [0.1, 0.15) is 0 Å². The first-order valence-corrected chi connectivity index (χ1v) is 23.3. The summed E-state index contributed by atoms with van der Waals surface area (Å²) in [6.45, 7) is 0. The van der Waals surface area contributed by atoms with Gasteiger partial charge >= 0.3 is 0 Å². The second-order valence-corrected chi connectivity index (χ2v) is 17.3. The summed E-state index contributed by atoms with van der Waals surface area (Å²) >= 11 is 0. The van der Waals surface area contributed by atoms with Crippen molar-refractivity contribution in [3.8, 4) is 72.4 Å². The van der Waals surface area contributed by atoms with Crippen molar-refractivity contribution in [3.05, 3.63) is 279 Å². The van der Waals surface area contributed by atoms with Crippen LogP contribution >= 0.6 is 0 Å². The highest BCUT2D eigenvalue weighted by Gasteiger charge is 2.21. The van der Waals surface area contributed by atoms with E-state index in [1.165, 1.54) is 66.3 Å². The van der Waals surface area contributed by atoms with Crippen LogP contribution in [0.25, 0.3) is 94.3 Å². The van der Waals surface area contributed by atoms with Crippen molar-refractivity contribution >= 4 is 38.9 Å². The summed E-state index contributed by atoms with van der Waals surface area (Å²) in [7, 11) is 0. The van der Waals surface area contributed by atoms with Crippen LogP contribution in [-0.2, 0) is 0 Å². The Balaban J connectivity index is 1.02. The second kappa shape index (κ2) is 17.8. The highest BCUT2D eigenvalue weighted by atomic mass is 15.1. The number of benzene rings is 11. The van der Waals surface area contributed by atoms with Crippen LogP contribution < -0.4 is 4.90 Å². The topological polar surface area (TPSA) is 8.17 Å². The third-order valence-electron chi connectivity index (χ3n) is 13.2. The number of hydrogen-bond acceptors (Lipinski definition) is 1. The average Bonchev–Trinajstić information content (AvgIpc) is 3.76. The molecule has 0 radical (unpaired) electrons. The maximum Gasteiger partial charge on any atom is 0.0546 e. The lowest BCUT2D eigenvalue weighted by atomic mass is 9.91. The van der Waals surface area contributed by atoms with Gasteiger partial charge in [-0.3, -0.25) is 0 Å². The molecule has 1 heterocycles. The highest BCUT2D eigenvalue weighted by molar-refractivity contribution is 6.10. The second-order valence-electron chi connectivity index (χ2n) is 17.3. The molecule has 320 valence electrons. The van der Waals surface area contributed by atoms with Crippen molar-refractivity contribution < 1.29 is 0 Å². The molecule has 0 aliphatic rings. The van der Waals surface area contributed by atoms with Crippen LogP contribution in [-0.4, -0.2) is 4.57 Å². The third kappa shape index (κ3) is 7.54. The summed E-state index contributed by atoms with van der Waals surface area (Å²) in [6.07, 6.45) is 0. The molecule has 0 N–H and O–H groups in total. The lowest BCUT2D eigenvalue weighted by Crippen LogP contribution is -2.11. The molecule has 2 heteroatoms. The maximum atomic E-state index is 2.45. The van der Waals surface area contributed by atoms with Gasteiger partial charge in [0.15, 0.2) is 0 Å². The quantitative estimate of drug-likeness (QED) is 0.133. The van der Waals surface area contributed by atoms with E-state index in [0.717, 1.165) is 45.0 Å². The Morgan fingerprint density at radius 2 is 0.647 bits per heavy atom. The Morgan fingerprint density at radius 3 is 1.24 bits per heavy atom. The first-order valence-electron chi connectivity index (χ1n) is 23.3. The van der Waals surface area contributed by atoms with Crippen LogP contribution in [0.1, 0.15) is 0 Å². The van der Waals surface area contributed by atoms with E-state index in [2.05, 4.69) is 289 Å². The van der Waals surface area contributed by atoms with Crippen LogP contribution in [0.15, 0.2) is 279 Å². The van der Waals surface area contributed by atoms with Crippen molar-refractivity contribution in [2.24, 2.45) is 0 Å². The summed E-state index contributed by atoms with van der Waals surface area (Å²) in [5.74, 6) is 0. The van der Waals surface area contributed by atoms with Gasteiger partial charge in [0.05, 0.1) is 22.4 Å². The Bertz CT molecular complexity index is 3630. The summed E-state index contributed by atoms with van der Waals surface area (Å²) in [4.78, 5) is 2.40. The first-order chi connectivity index (χ1) is 33.7. The van der Waals surface area contributed by atoms with Crippen molar-refractivity contribution in [2.75, 3.05) is 4.90 Å². The SMILES string of the molecule is c1ccc(-c2ccc(-c3c(-c4ccc(N(c5ccc(-c6ccccc6)cc5)c5ccccc5-c5cccc(-c6ccccc6)c5)cc4)cccc3-n3c4ccccc4c4ccccc43)cc2)cc1. The molecule has 12 rings (SSSR count). The predicted octanol–water partition coefficient (Wildman–Crippen LogP) is 18.3. The molecule has 0 amide bonds. The molecule has 1 aromatic heterocycles. The van der Waals surface area contributed by atoms with E-state index >= 15 is 0 Å². The summed E-state index contributed by atoms with van der Waals surface area (Å²) in [5.41, 5.74) is 20.9. The van der Waals surface area contributed by atoms with Crippen molar-refractivity contribution in [2.45, 2.75) is 0 Å². The molecule has 0 aliphatic carbocycles. The third-order valence-corrected chi connectivity index (χ3v) is 13.2. The van der Waals surface area contributed by atoms with Gasteiger partial charge in [0.2, 0.25) is 0 Å². The molecule has 12 aromatic rings. The van der Waals surface area contributed by atoms with Gasteiger partial charge < -0.3 is 9.47 Å². The van der Waals surface area contributed by atoms with E-state index in [9.17, 15) is 0 Å². The molecular weight excluding hydrogens is 821 g/mol. The number of anilines is 3. The fourth-order valence-electron chi connectivity index (χ4n) is 9.97. The minimum Gasteiger partial charge on any atom is -0.310 e. The number of hydrogen-bond donors (Lipinski definition) is 0. The molecule has 68 heavy (non-hydrogen) atoms. The van der Waals surface area contributed by atoms with Crippen molar-refractivity contribution in [1.82, 2.24) is 4.57 Å². The monoisotopic (exact) mass is 866 g/mol. The van der Waals surface area contributed by atoms with E-state index < -0.39 is 0 Å². The maximum absolute atomic E-state index is 2.45. The minimum atomic E-state index is 1.07. The zero-order chi connectivity index (χ0) is 45.2. The Hall–Kier alpha value is -8.98. The molecule has 0 unspecified atom stereocenters. The lowest BCUT2D eigenvalue weighted by molar-refractivity contribution is 1.18. The van der Waals surface area contributed by atoms with E-state index in [1.807, 2.05) is 0 Å². The van der Waals surface area contributed by atoms with Crippen molar-refractivity contribution in [1.29, 1.82) is 0 Å². The molecule has 0 saturated heterocycles. The Labute approximate surface area is 397 Å². The summed E-state index contributed by atoms with van der Waals surface area (Å²) in [5, 5.41) is 2.49. The number of fused-ring (bicyclic) bond motifs is 3. The molecule has 0 spiro atoms. The van der Waals surface area contributed by atoms with E-state index in [4.69, 9.17) is 0 Å². The van der Waals surface area contributed by atoms with Crippen LogP contribution in [0.2, 0.25) is 0 Å². The minimum absolute atomic E-state index is 1.07. The largest absolute Gasteiger partial charge is 0.310 e. The highest BCUT2D eigenvalue weighted by Crippen LogP contribution is 2.45. The van der Waals surface area contributed by atoms with Gasteiger partial charge in [-0.05, 0) is 110 Å². The molecule has 0 atom stereocenters. The van der Waals surface area contributed by atoms with E-state index in [0.29, 0.717) is 0 Å². The number of aromatic nitrogens is 1. The van der Waals surface area contributed by atoms with E-state index in [-0.39, 0.29) is 0 Å². The molecule has 2 nitrogen and oxygen atoms in total. The number of para-hydroxylation sites is 3. The average molecular weight is 867 g/mol. The standard InChI is InChI=1S/C66H46N2/c1-4-18-47(19-5-1)50-34-36-53(37-35-50)66-59(29-17-33-65(66)68-63-31-14-11-27-60(63)61-28-12-15-32-64(61)68)52-40-44-57(45-41-52)67(56-42-38-51(39-43-56)48-20-6-2-7-21-48)62-30-13-10-26-58(62)55-25-16-24-54(46-55)49-22-8-3-9-23-49/h1-46H. The zero-order valence-corrected chi connectivity index (χ0v) is 37.5. The van der Waals surface area contributed by atoms with Crippen LogP contribution in [0.3, 0.4) is 0 Å². The van der Waals surface area contributed by atoms with Crippen LogP contribution in [0, 0.1) is 0 Å². The van der Waals surface area contributed by atoms with Crippen LogP contribution in [0.4, 0.5) is 17.1 Å². The van der Waals surface area contributed by atoms with Gasteiger partial charge in [-0.25, -0.2) is 0 Å². The fourth-order valence-corrected chi connectivity index (χ4v) is 9.97. The van der Waals surface area contributed by atoms with Gasteiger partial charge in [0.25, 0.3) is 0 Å². The summed E-state index contributed by atoms with van der Waals surface area (Å²) < 4.78 is 2.45. The Morgan fingerprint density at radius 1 is 0.250 bits per heavy atom. The summed E-state index contributed by atoms with van der Waals surface area (Å²) in [6, 6.07) is 101. The number of rotatable bonds is 10. The number of nitrogens with zero attached hydrogens (tertiary/aromatic N) is 2. The normalized spacial score (nSPS) is 11.2. The smallest absolute Gasteiger partial charge is 0.0546 e. The van der Waals surface area contributed by atoms with Crippen molar-refractivity contribution in [3.63, 3.8) is 0 Å². The molecule has 0 aliphatic heterocycles. The van der Waals surface area contributed by atoms with Gasteiger partial charge in [0, 0.05) is 33.3 Å². The fraction of sp³-hybridized carbons (Fsp3) is 0. The molecule has 11 aromatic carbocycles.